The smallest absolute Gasteiger partial charge is 0.0934 e. The summed E-state index contributed by atoms with van der Waals surface area (Å²) in [6.45, 7) is 4.06. The van der Waals surface area contributed by atoms with Crippen LogP contribution in [0.25, 0.3) is 0 Å². The Labute approximate surface area is 90.9 Å². The van der Waals surface area contributed by atoms with Crippen LogP contribution in [0.15, 0.2) is 23.9 Å². The predicted octanol–water partition coefficient (Wildman–Crippen LogP) is 1.39. The van der Waals surface area contributed by atoms with E-state index in [1.165, 1.54) is 12.8 Å². The van der Waals surface area contributed by atoms with Crippen molar-refractivity contribution in [3.63, 3.8) is 0 Å². The van der Waals surface area contributed by atoms with E-state index in [2.05, 4.69) is 17.0 Å². The normalized spacial score (nSPS) is 35.1. The van der Waals surface area contributed by atoms with Crippen LogP contribution >= 0.6 is 0 Å². The zero-order valence-corrected chi connectivity index (χ0v) is 9.11. The minimum absolute atomic E-state index is 0.189. The predicted molar refractivity (Wildman–Crippen MR) is 59.7 cm³/mol. The summed E-state index contributed by atoms with van der Waals surface area (Å²) in [7, 11) is 0. The Balaban J connectivity index is 2.23. The molecule has 0 bridgehead atoms. The minimum atomic E-state index is -0.549. The monoisotopic (exact) mass is 203 g/mol. The number of nitriles is 1. The van der Waals surface area contributed by atoms with Gasteiger partial charge in [-0.1, -0.05) is 12.2 Å². The summed E-state index contributed by atoms with van der Waals surface area (Å²) in [5.41, 5.74) is 6.74. The first-order valence-electron chi connectivity index (χ1n) is 5.48. The molecule has 0 saturated carbocycles. The second-order valence-electron chi connectivity index (χ2n) is 4.52. The van der Waals surface area contributed by atoms with E-state index in [1.807, 2.05) is 19.1 Å². The van der Waals surface area contributed by atoms with E-state index in [9.17, 15) is 0 Å². The topological polar surface area (TPSA) is 53.0 Å². The Bertz CT molecular complexity index is 344. The maximum atomic E-state index is 9.15. The summed E-state index contributed by atoms with van der Waals surface area (Å²) < 4.78 is 0. The maximum absolute atomic E-state index is 9.15. The van der Waals surface area contributed by atoms with Gasteiger partial charge in [0.1, 0.15) is 0 Å². The van der Waals surface area contributed by atoms with Gasteiger partial charge in [0.15, 0.2) is 0 Å². The molecule has 0 aromatic rings. The van der Waals surface area contributed by atoms with Gasteiger partial charge < -0.3 is 10.6 Å². The van der Waals surface area contributed by atoms with E-state index < -0.39 is 5.41 Å². The Hall–Kier alpha value is -1.27. The minimum Gasteiger partial charge on any atom is -0.373 e. The lowest BCUT2D eigenvalue weighted by molar-refractivity contribution is 0.338. The highest BCUT2D eigenvalue weighted by Crippen LogP contribution is 2.32. The second-order valence-corrected chi connectivity index (χ2v) is 4.52. The van der Waals surface area contributed by atoms with Gasteiger partial charge in [0.05, 0.1) is 17.5 Å². The summed E-state index contributed by atoms with van der Waals surface area (Å²) in [4.78, 5) is 2.31. The van der Waals surface area contributed by atoms with Crippen molar-refractivity contribution >= 4 is 0 Å². The Kier molecular flexibility index (Phi) is 2.54. The van der Waals surface area contributed by atoms with Crippen LogP contribution in [0, 0.1) is 16.7 Å². The molecule has 0 aromatic heterocycles. The Morgan fingerprint density at radius 1 is 1.53 bits per heavy atom. The van der Waals surface area contributed by atoms with Crippen molar-refractivity contribution < 1.29 is 0 Å². The zero-order valence-electron chi connectivity index (χ0n) is 9.11. The number of nitrogens with zero attached hydrogens (tertiary/aromatic N) is 2. The van der Waals surface area contributed by atoms with Gasteiger partial charge in [-0.25, -0.2) is 0 Å². The number of likely N-dealkylation sites (tertiary alicyclic amines) is 1. The van der Waals surface area contributed by atoms with Crippen molar-refractivity contribution in [2.75, 3.05) is 13.1 Å². The molecule has 1 aliphatic heterocycles. The molecule has 0 aromatic carbocycles. The lowest BCUT2D eigenvalue weighted by Crippen LogP contribution is -2.45. The van der Waals surface area contributed by atoms with Gasteiger partial charge in [-0.3, -0.25) is 0 Å². The summed E-state index contributed by atoms with van der Waals surface area (Å²) in [6, 6.07) is 2.11. The summed E-state index contributed by atoms with van der Waals surface area (Å²) >= 11 is 0. The van der Waals surface area contributed by atoms with Crippen LogP contribution in [0.5, 0.6) is 0 Å². The highest BCUT2D eigenvalue weighted by atomic mass is 15.2. The lowest BCUT2D eigenvalue weighted by atomic mass is 9.79. The van der Waals surface area contributed by atoms with Crippen molar-refractivity contribution in [3.8, 4) is 6.07 Å². The second kappa shape index (κ2) is 3.71. The summed E-state index contributed by atoms with van der Waals surface area (Å²) in [6.07, 6.45) is 8.38. The van der Waals surface area contributed by atoms with Gasteiger partial charge in [-0.15, -0.1) is 0 Å². The Morgan fingerprint density at radius 2 is 2.20 bits per heavy atom. The SMILES string of the molecule is CC1(C#N)C=CC=C(N2CCCC2)C1N. The van der Waals surface area contributed by atoms with Crippen LogP contribution in [0.4, 0.5) is 0 Å². The number of nitrogens with two attached hydrogens (primary N) is 1. The fourth-order valence-electron chi connectivity index (χ4n) is 2.25. The van der Waals surface area contributed by atoms with E-state index in [0.717, 1.165) is 18.8 Å². The molecule has 1 fully saturated rings. The van der Waals surface area contributed by atoms with E-state index in [0.29, 0.717) is 0 Å². The van der Waals surface area contributed by atoms with Crippen molar-refractivity contribution in [1.82, 2.24) is 4.90 Å². The molecular formula is C12H17N3. The number of allylic oxidation sites excluding steroid dienone is 2. The van der Waals surface area contributed by atoms with Crippen molar-refractivity contribution in [3.05, 3.63) is 23.9 Å². The standard InChI is InChI=1S/C12H17N3/c1-12(9-13)6-4-5-10(11(12)14)15-7-2-3-8-15/h4-6,11H,2-3,7-8,14H2,1H3. The van der Waals surface area contributed by atoms with Crippen LogP contribution in [-0.2, 0) is 0 Å². The zero-order chi connectivity index (χ0) is 10.9. The van der Waals surface area contributed by atoms with E-state index >= 15 is 0 Å². The molecule has 3 heteroatoms. The molecule has 1 aliphatic carbocycles. The van der Waals surface area contributed by atoms with Crippen molar-refractivity contribution in [1.29, 1.82) is 5.26 Å². The highest BCUT2D eigenvalue weighted by Gasteiger charge is 2.36. The molecule has 80 valence electrons. The first-order valence-corrected chi connectivity index (χ1v) is 5.48. The molecule has 1 heterocycles. The molecule has 2 rings (SSSR count). The average molecular weight is 203 g/mol. The maximum Gasteiger partial charge on any atom is 0.0934 e. The fourth-order valence-corrected chi connectivity index (χ4v) is 2.25. The first-order chi connectivity index (χ1) is 7.17. The first kappa shape index (κ1) is 10.3. The van der Waals surface area contributed by atoms with Crippen LogP contribution in [-0.4, -0.2) is 24.0 Å². The third-order valence-corrected chi connectivity index (χ3v) is 3.39. The van der Waals surface area contributed by atoms with Gasteiger partial charge in [-0.2, -0.15) is 5.26 Å². The van der Waals surface area contributed by atoms with Crippen LogP contribution < -0.4 is 5.73 Å². The van der Waals surface area contributed by atoms with E-state index in [4.69, 9.17) is 11.0 Å². The largest absolute Gasteiger partial charge is 0.373 e. The molecule has 15 heavy (non-hydrogen) atoms. The molecule has 2 atom stereocenters. The summed E-state index contributed by atoms with van der Waals surface area (Å²) in [5, 5.41) is 9.15. The van der Waals surface area contributed by atoms with Gasteiger partial charge in [0, 0.05) is 18.8 Å². The molecule has 3 nitrogen and oxygen atoms in total. The number of hydrogen-bond acceptors (Lipinski definition) is 3. The van der Waals surface area contributed by atoms with Crippen LogP contribution in [0.2, 0.25) is 0 Å². The van der Waals surface area contributed by atoms with E-state index in [-0.39, 0.29) is 6.04 Å². The molecule has 0 amide bonds. The number of rotatable bonds is 1. The van der Waals surface area contributed by atoms with Gasteiger partial charge in [0.25, 0.3) is 0 Å². The molecule has 0 radical (unpaired) electrons. The Morgan fingerprint density at radius 3 is 2.80 bits per heavy atom. The van der Waals surface area contributed by atoms with Crippen molar-refractivity contribution in [2.45, 2.75) is 25.8 Å². The third kappa shape index (κ3) is 1.66. The fraction of sp³-hybridized carbons (Fsp3) is 0.583. The molecule has 0 spiro atoms. The number of hydrogen-bond donors (Lipinski definition) is 1. The third-order valence-electron chi connectivity index (χ3n) is 3.39. The van der Waals surface area contributed by atoms with Crippen LogP contribution in [0.1, 0.15) is 19.8 Å². The quantitative estimate of drug-likeness (QED) is 0.700. The molecule has 2 aliphatic rings. The molecular weight excluding hydrogens is 186 g/mol. The lowest BCUT2D eigenvalue weighted by Gasteiger charge is -2.35. The highest BCUT2D eigenvalue weighted by molar-refractivity contribution is 5.33. The molecule has 2 N–H and O–H groups in total. The van der Waals surface area contributed by atoms with Crippen molar-refractivity contribution in [2.24, 2.45) is 11.1 Å². The van der Waals surface area contributed by atoms with Gasteiger partial charge in [-0.05, 0) is 25.8 Å². The molecule has 1 saturated heterocycles. The van der Waals surface area contributed by atoms with Gasteiger partial charge in [0.2, 0.25) is 0 Å². The van der Waals surface area contributed by atoms with Gasteiger partial charge >= 0.3 is 0 Å². The summed E-state index contributed by atoms with van der Waals surface area (Å²) in [5.74, 6) is 0. The average Bonchev–Trinajstić information content (AvgIpc) is 2.75. The van der Waals surface area contributed by atoms with Crippen LogP contribution in [0.3, 0.4) is 0 Å². The molecule has 2 unspecified atom stereocenters. The van der Waals surface area contributed by atoms with E-state index in [1.54, 1.807) is 0 Å².